The van der Waals surface area contributed by atoms with Crippen LogP contribution in [0.5, 0.6) is 0 Å². The molecule has 1 aromatic carbocycles. The zero-order chi connectivity index (χ0) is 12.5. The molecule has 0 aliphatic heterocycles. The summed E-state index contributed by atoms with van der Waals surface area (Å²) in [5.74, 6) is 1.01. The highest BCUT2D eigenvalue weighted by Crippen LogP contribution is 2.36. The smallest absolute Gasteiger partial charge is 0.180 e. The van der Waals surface area contributed by atoms with Crippen molar-refractivity contribution in [3.05, 3.63) is 48.4 Å². The lowest BCUT2D eigenvalue weighted by Crippen LogP contribution is -1.88. The number of aryl methyl sites for hydroxylation is 1. The van der Waals surface area contributed by atoms with Crippen LogP contribution in [-0.4, -0.2) is 5.16 Å². The van der Waals surface area contributed by atoms with Crippen LogP contribution in [0.3, 0.4) is 0 Å². The number of anilines is 1. The normalized spacial score (nSPS) is 10.7. The maximum Gasteiger partial charge on any atom is 0.180 e. The van der Waals surface area contributed by atoms with Crippen LogP contribution in [0.1, 0.15) is 5.56 Å². The second-order valence-corrected chi connectivity index (χ2v) is 4.15. The van der Waals surface area contributed by atoms with Gasteiger partial charge in [0.1, 0.15) is 6.26 Å². The highest BCUT2D eigenvalue weighted by Gasteiger charge is 2.18. The molecule has 2 aromatic heterocycles. The summed E-state index contributed by atoms with van der Waals surface area (Å²) in [6, 6.07) is 9.88. The molecule has 0 aliphatic rings. The highest BCUT2D eigenvalue weighted by atomic mass is 16.5. The number of aromatic nitrogens is 1. The molecule has 0 radical (unpaired) electrons. The van der Waals surface area contributed by atoms with Crippen LogP contribution in [0.25, 0.3) is 22.5 Å². The molecule has 2 N–H and O–H groups in total. The number of hydrogen-bond acceptors (Lipinski definition) is 4. The standard InChI is InChI=1S/C14H12N2O2/c1-9-2-4-10(5-3-9)12-13(18-16-14(12)15)11-6-7-17-8-11/h2-8H,1H3,(H2,15,16). The van der Waals surface area contributed by atoms with Crippen molar-refractivity contribution in [2.75, 3.05) is 5.73 Å². The quantitative estimate of drug-likeness (QED) is 0.744. The maximum atomic E-state index is 5.88. The van der Waals surface area contributed by atoms with E-state index >= 15 is 0 Å². The molecule has 0 bridgehead atoms. The Hall–Kier alpha value is -2.49. The summed E-state index contributed by atoms with van der Waals surface area (Å²) in [4.78, 5) is 0. The fourth-order valence-corrected chi connectivity index (χ4v) is 1.89. The maximum absolute atomic E-state index is 5.88. The van der Waals surface area contributed by atoms with Crippen molar-refractivity contribution in [3.8, 4) is 22.5 Å². The summed E-state index contributed by atoms with van der Waals surface area (Å²) in [7, 11) is 0. The van der Waals surface area contributed by atoms with E-state index in [0.717, 1.165) is 16.7 Å². The summed E-state index contributed by atoms with van der Waals surface area (Å²) in [5.41, 5.74) is 9.69. The number of nitrogens with zero attached hydrogens (tertiary/aromatic N) is 1. The van der Waals surface area contributed by atoms with E-state index < -0.39 is 0 Å². The van der Waals surface area contributed by atoms with Gasteiger partial charge in [0.2, 0.25) is 0 Å². The molecule has 0 saturated heterocycles. The lowest BCUT2D eigenvalue weighted by Gasteiger charge is -2.01. The van der Waals surface area contributed by atoms with E-state index in [0.29, 0.717) is 11.6 Å². The van der Waals surface area contributed by atoms with Gasteiger partial charge in [-0.05, 0) is 18.6 Å². The minimum atomic E-state index is 0.384. The average molecular weight is 240 g/mol. The second-order valence-electron chi connectivity index (χ2n) is 4.15. The molecule has 0 fully saturated rings. The third-order valence-corrected chi connectivity index (χ3v) is 2.84. The average Bonchev–Trinajstić information content (AvgIpc) is 2.99. The Balaban J connectivity index is 2.17. The Morgan fingerprint density at radius 1 is 1.06 bits per heavy atom. The molecular weight excluding hydrogens is 228 g/mol. The Morgan fingerprint density at radius 2 is 1.83 bits per heavy atom. The lowest BCUT2D eigenvalue weighted by atomic mass is 10.0. The number of rotatable bonds is 2. The zero-order valence-corrected chi connectivity index (χ0v) is 9.88. The molecule has 4 heteroatoms. The molecule has 3 rings (SSSR count). The van der Waals surface area contributed by atoms with E-state index in [4.69, 9.17) is 14.7 Å². The Morgan fingerprint density at radius 3 is 2.50 bits per heavy atom. The van der Waals surface area contributed by atoms with E-state index in [1.54, 1.807) is 12.5 Å². The monoisotopic (exact) mass is 240 g/mol. The topological polar surface area (TPSA) is 65.2 Å². The molecule has 0 spiro atoms. The van der Waals surface area contributed by atoms with Gasteiger partial charge in [0.15, 0.2) is 11.6 Å². The highest BCUT2D eigenvalue weighted by molar-refractivity contribution is 5.86. The first-order valence-electron chi connectivity index (χ1n) is 5.60. The predicted octanol–water partition coefficient (Wildman–Crippen LogP) is 3.49. The first kappa shape index (κ1) is 10.7. The molecule has 0 amide bonds. The van der Waals surface area contributed by atoms with Crippen molar-refractivity contribution < 1.29 is 8.94 Å². The van der Waals surface area contributed by atoms with Crippen LogP contribution in [0, 0.1) is 6.92 Å². The molecular formula is C14H12N2O2. The number of benzene rings is 1. The van der Waals surface area contributed by atoms with Crippen LogP contribution >= 0.6 is 0 Å². The first-order chi connectivity index (χ1) is 8.75. The van der Waals surface area contributed by atoms with Crippen LogP contribution < -0.4 is 5.73 Å². The van der Waals surface area contributed by atoms with Crippen molar-refractivity contribution >= 4 is 5.82 Å². The van der Waals surface area contributed by atoms with Gasteiger partial charge in [0.25, 0.3) is 0 Å². The fraction of sp³-hybridized carbons (Fsp3) is 0.0714. The molecule has 4 nitrogen and oxygen atoms in total. The number of hydrogen-bond donors (Lipinski definition) is 1. The van der Waals surface area contributed by atoms with E-state index in [9.17, 15) is 0 Å². The Labute approximate surface area is 104 Å². The van der Waals surface area contributed by atoms with E-state index in [-0.39, 0.29) is 0 Å². The summed E-state index contributed by atoms with van der Waals surface area (Å²) in [5, 5.41) is 3.83. The van der Waals surface area contributed by atoms with Crippen LogP contribution in [0.15, 0.2) is 51.8 Å². The second kappa shape index (κ2) is 4.07. The predicted molar refractivity (Wildman–Crippen MR) is 68.8 cm³/mol. The Kier molecular flexibility index (Phi) is 2.41. The van der Waals surface area contributed by atoms with Gasteiger partial charge in [-0.2, -0.15) is 0 Å². The zero-order valence-electron chi connectivity index (χ0n) is 9.88. The summed E-state index contributed by atoms with van der Waals surface area (Å²) < 4.78 is 10.3. The minimum Gasteiger partial charge on any atom is -0.472 e. The van der Waals surface area contributed by atoms with Gasteiger partial charge in [0.05, 0.1) is 17.4 Å². The van der Waals surface area contributed by atoms with Crippen molar-refractivity contribution in [2.24, 2.45) is 0 Å². The lowest BCUT2D eigenvalue weighted by molar-refractivity contribution is 0.435. The van der Waals surface area contributed by atoms with Gasteiger partial charge in [0, 0.05) is 0 Å². The van der Waals surface area contributed by atoms with Gasteiger partial charge in [-0.3, -0.25) is 0 Å². The van der Waals surface area contributed by atoms with Gasteiger partial charge < -0.3 is 14.7 Å². The van der Waals surface area contributed by atoms with Crippen LogP contribution in [0.2, 0.25) is 0 Å². The Bertz CT molecular complexity index is 652. The van der Waals surface area contributed by atoms with Crippen molar-refractivity contribution in [1.82, 2.24) is 5.16 Å². The van der Waals surface area contributed by atoms with Crippen molar-refractivity contribution in [1.29, 1.82) is 0 Å². The van der Waals surface area contributed by atoms with Crippen LogP contribution in [0.4, 0.5) is 5.82 Å². The molecule has 2 heterocycles. The van der Waals surface area contributed by atoms with E-state index in [1.165, 1.54) is 5.56 Å². The molecule has 0 atom stereocenters. The SMILES string of the molecule is Cc1ccc(-c2c(N)noc2-c2ccoc2)cc1. The van der Waals surface area contributed by atoms with Gasteiger partial charge in [-0.15, -0.1) is 0 Å². The van der Waals surface area contributed by atoms with Gasteiger partial charge in [-0.1, -0.05) is 35.0 Å². The number of nitrogens with two attached hydrogens (primary N) is 1. The molecule has 0 saturated carbocycles. The largest absolute Gasteiger partial charge is 0.472 e. The third-order valence-electron chi connectivity index (χ3n) is 2.84. The fourth-order valence-electron chi connectivity index (χ4n) is 1.89. The molecule has 3 aromatic rings. The van der Waals surface area contributed by atoms with Crippen molar-refractivity contribution in [3.63, 3.8) is 0 Å². The third kappa shape index (κ3) is 1.68. The summed E-state index contributed by atoms with van der Waals surface area (Å²) >= 11 is 0. The minimum absolute atomic E-state index is 0.384. The van der Waals surface area contributed by atoms with Gasteiger partial charge in [-0.25, -0.2) is 0 Å². The van der Waals surface area contributed by atoms with E-state index in [2.05, 4.69) is 5.16 Å². The van der Waals surface area contributed by atoms with E-state index in [1.807, 2.05) is 37.3 Å². The molecule has 0 unspecified atom stereocenters. The molecule has 18 heavy (non-hydrogen) atoms. The molecule has 0 aliphatic carbocycles. The van der Waals surface area contributed by atoms with Crippen LogP contribution in [-0.2, 0) is 0 Å². The molecule has 90 valence electrons. The van der Waals surface area contributed by atoms with Crippen molar-refractivity contribution in [2.45, 2.75) is 6.92 Å². The number of furan rings is 1. The summed E-state index contributed by atoms with van der Waals surface area (Å²) in [6.07, 6.45) is 3.20. The summed E-state index contributed by atoms with van der Waals surface area (Å²) in [6.45, 7) is 2.04. The first-order valence-corrected chi connectivity index (χ1v) is 5.60. The van der Waals surface area contributed by atoms with Gasteiger partial charge >= 0.3 is 0 Å². The number of nitrogen functional groups attached to an aromatic ring is 1.